The molecule has 136 valence electrons. The second kappa shape index (κ2) is 9.25. The van der Waals surface area contributed by atoms with Gasteiger partial charge >= 0.3 is 0 Å². The van der Waals surface area contributed by atoms with E-state index in [1.54, 1.807) is 30.3 Å². The first-order chi connectivity index (χ1) is 13.3. The van der Waals surface area contributed by atoms with Crippen LogP contribution in [0.25, 0.3) is 0 Å². The maximum absolute atomic E-state index is 12.8. The third-order valence-corrected chi connectivity index (χ3v) is 3.86. The number of carbonyl (C=O) groups excluding carboxylic acids is 1. The van der Waals surface area contributed by atoms with Crippen LogP contribution in [0.4, 0.5) is 5.69 Å². The molecule has 1 N–H and O–H groups in total. The molecule has 3 aromatic rings. The van der Waals surface area contributed by atoms with E-state index in [-0.39, 0.29) is 5.91 Å². The summed E-state index contributed by atoms with van der Waals surface area (Å²) in [6, 6.07) is 24.3. The van der Waals surface area contributed by atoms with Gasteiger partial charge in [0.2, 0.25) is 0 Å². The van der Waals surface area contributed by atoms with Crippen molar-refractivity contribution in [1.29, 1.82) is 0 Å². The van der Waals surface area contributed by atoms with Gasteiger partial charge in [0.25, 0.3) is 5.91 Å². The maximum Gasteiger partial charge on any atom is 0.259 e. The maximum atomic E-state index is 12.8. The first kappa shape index (κ1) is 18.3. The van der Waals surface area contributed by atoms with Crippen LogP contribution >= 0.6 is 0 Å². The molecule has 0 aliphatic rings. The molecule has 0 saturated heterocycles. The van der Waals surface area contributed by atoms with Gasteiger partial charge in [-0.05, 0) is 29.8 Å². The van der Waals surface area contributed by atoms with Crippen LogP contribution in [-0.4, -0.2) is 12.5 Å². The molecule has 27 heavy (non-hydrogen) atoms. The van der Waals surface area contributed by atoms with Gasteiger partial charge in [0, 0.05) is 0 Å². The van der Waals surface area contributed by atoms with Crippen LogP contribution in [0.5, 0.6) is 11.5 Å². The second-order valence-electron chi connectivity index (χ2n) is 5.82. The zero-order chi connectivity index (χ0) is 18.9. The molecule has 3 rings (SSSR count). The first-order valence-corrected chi connectivity index (χ1v) is 8.68. The van der Waals surface area contributed by atoms with E-state index in [1.807, 2.05) is 54.6 Å². The molecule has 0 unspecified atom stereocenters. The number of amides is 1. The summed E-state index contributed by atoms with van der Waals surface area (Å²) in [6.45, 7) is 4.40. The molecule has 0 bridgehead atoms. The van der Waals surface area contributed by atoms with Gasteiger partial charge in [-0.15, -0.1) is 0 Å². The van der Waals surface area contributed by atoms with Gasteiger partial charge in [-0.1, -0.05) is 67.3 Å². The predicted molar refractivity (Wildman–Crippen MR) is 107 cm³/mol. The fraction of sp³-hybridized carbons (Fsp3) is 0.0870. The van der Waals surface area contributed by atoms with Crippen molar-refractivity contribution < 1.29 is 14.3 Å². The number of ether oxygens (including phenoxy) is 2. The van der Waals surface area contributed by atoms with E-state index in [4.69, 9.17) is 9.47 Å². The average molecular weight is 359 g/mol. The van der Waals surface area contributed by atoms with Crippen molar-refractivity contribution in [3.8, 4) is 11.5 Å². The standard InChI is InChI=1S/C23H21NO3/c1-2-16-26-22-15-9-7-13-20(22)24-23(25)19-12-6-8-14-21(19)27-17-18-10-4-3-5-11-18/h2-15H,1,16-17H2,(H,24,25). The molecule has 1 amide bonds. The third-order valence-electron chi connectivity index (χ3n) is 3.86. The molecule has 3 aromatic carbocycles. The molecule has 0 heterocycles. The van der Waals surface area contributed by atoms with Crippen molar-refractivity contribution in [3.05, 3.63) is 103 Å². The van der Waals surface area contributed by atoms with E-state index >= 15 is 0 Å². The average Bonchev–Trinajstić information content (AvgIpc) is 2.72. The number of hydrogen-bond acceptors (Lipinski definition) is 3. The summed E-state index contributed by atoms with van der Waals surface area (Å²) in [5.41, 5.74) is 2.10. The van der Waals surface area contributed by atoms with Crippen LogP contribution in [0, 0.1) is 0 Å². The molecule has 0 aromatic heterocycles. The SMILES string of the molecule is C=CCOc1ccccc1NC(=O)c1ccccc1OCc1ccccc1. The number of anilines is 1. The molecule has 0 fully saturated rings. The van der Waals surface area contributed by atoms with Gasteiger partial charge < -0.3 is 14.8 Å². The molecule has 0 atom stereocenters. The summed E-state index contributed by atoms with van der Waals surface area (Å²) in [6.07, 6.45) is 1.66. The van der Waals surface area contributed by atoms with E-state index < -0.39 is 0 Å². The topological polar surface area (TPSA) is 47.6 Å². The van der Waals surface area contributed by atoms with E-state index in [0.29, 0.717) is 36.0 Å². The number of carbonyl (C=O) groups is 1. The summed E-state index contributed by atoms with van der Waals surface area (Å²) < 4.78 is 11.5. The number of benzene rings is 3. The smallest absolute Gasteiger partial charge is 0.259 e. The summed E-state index contributed by atoms with van der Waals surface area (Å²) in [5.74, 6) is 0.866. The molecule has 4 nitrogen and oxygen atoms in total. The molecule has 0 radical (unpaired) electrons. The Hall–Kier alpha value is -3.53. The Morgan fingerprint density at radius 1 is 0.852 bits per heavy atom. The van der Waals surface area contributed by atoms with Gasteiger partial charge in [-0.25, -0.2) is 0 Å². The lowest BCUT2D eigenvalue weighted by atomic mass is 10.1. The Balaban J connectivity index is 1.75. The predicted octanol–water partition coefficient (Wildman–Crippen LogP) is 5.08. The Morgan fingerprint density at radius 2 is 1.52 bits per heavy atom. The monoisotopic (exact) mass is 359 g/mol. The Bertz CT molecular complexity index is 906. The first-order valence-electron chi connectivity index (χ1n) is 8.68. The van der Waals surface area contributed by atoms with E-state index in [1.165, 1.54) is 0 Å². The van der Waals surface area contributed by atoms with Crippen LogP contribution in [-0.2, 0) is 6.61 Å². The Labute approximate surface area is 159 Å². The fourth-order valence-electron chi connectivity index (χ4n) is 2.55. The molecular formula is C23H21NO3. The minimum Gasteiger partial charge on any atom is -0.488 e. The fourth-order valence-corrected chi connectivity index (χ4v) is 2.55. The van der Waals surface area contributed by atoms with Crippen molar-refractivity contribution in [2.75, 3.05) is 11.9 Å². The number of nitrogens with one attached hydrogen (secondary N) is 1. The minimum absolute atomic E-state index is 0.256. The van der Waals surface area contributed by atoms with Gasteiger partial charge in [-0.3, -0.25) is 4.79 Å². The van der Waals surface area contributed by atoms with Crippen LogP contribution < -0.4 is 14.8 Å². The number of rotatable bonds is 8. The lowest BCUT2D eigenvalue weighted by Gasteiger charge is -2.14. The van der Waals surface area contributed by atoms with Crippen LogP contribution in [0.3, 0.4) is 0 Å². The number of hydrogen-bond donors (Lipinski definition) is 1. The molecule has 0 aliphatic heterocycles. The highest BCUT2D eigenvalue weighted by molar-refractivity contribution is 6.06. The van der Waals surface area contributed by atoms with Crippen molar-refractivity contribution in [3.63, 3.8) is 0 Å². The minimum atomic E-state index is -0.256. The summed E-state index contributed by atoms with van der Waals surface area (Å²) in [7, 11) is 0. The van der Waals surface area contributed by atoms with Crippen molar-refractivity contribution in [2.24, 2.45) is 0 Å². The molecule has 4 heteroatoms. The molecule has 0 aliphatic carbocycles. The Kier molecular flexibility index (Phi) is 6.26. The summed E-state index contributed by atoms with van der Waals surface area (Å²) in [4.78, 5) is 12.8. The largest absolute Gasteiger partial charge is 0.488 e. The van der Waals surface area contributed by atoms with E-state index in [2.05, 4.69) is 11.9 Å². The normalized spacial score (nSPS) is 10.1. The third kappa shape index (κ3) is 4.98. The second-order valence-corrected chi connectivity index (χ2v) is 5.82. The molecule has 0 saturated carbocycles. The van der Waals surface area contributed by atoms with Crippen molar-refractivity contribution in [2.45, 2.75) is 6.61 Å². The highest BCUT2D eigenvalue weighted by atomic mass is 16.5. The lowest BCUT2D eigenvalue weighted by Crippen LogP contribution is -2.14. The van der Waals surface area contributed by atoms with Gasteiger partial charge in [0.1, 0.15) is 24.7 Å². The molecular weight excluding hydrogens is 338 g/mol. The zero-order valence-electron chi connectivity index (χ0n) is 14.9. The van der Waals surface area contributed by atoms with Crippen LogP contribution in [0.15, 0.2) is 91.5 Å². The van der Waals surface area contributed by atoms with E-state index in [0.717, 1.165) is 5.56 Å². The molecule has 0 spiro atoms. The zero-order valence-corrected chi connectivity index (χ0v) is 14.9. The summed E-state index contributed by atoms with van der Waals surface area (Å²) in [5, 5.41) is 2.90. The van der Waals surface area contributed by atoms with Crippen molar-refractivity contribution in [1.82, 2.24) is 0 Å². The summed E-state index contributed by atoms with van der Waals surface area (Å²) >= 11 is 0. The van der Waals surface area contributed by atoms with Gasteiger partial charge in [0.15, 0.2) is 0 Å². The van der Waals surface area contributed by atoms with Gasteiger partial charge in [-0.2, -0.15) is 0 Å². The Morgan fingerprint density at radius 3 is 2.30 bits per heavy atom. The van der Waals surface area contributed by atoms with Crippen LogP contribution in [0.2, 0.25) is 0 Å². The quantitative estimate of drug-likeness (QED) is 0.570. The van der Waals surface area contributed by atoms with Crippen molar-refractivity contribution >= 4 is 11.6 Å². The number of para-hydroxylation sites is 3. The van der Waals surface area contributed by atoms with E-state index in [9.17, 15) is 4.79 Å². The van der Waals surface area contributed by atoms with Crippen LogP contribution in [0.1, 0.15) is 15.9 Å². The lowest BCUT2D eigenvalue weighted by molar-refractivity contribution is 0.102. The van der Waals surface area contributed by atoms with Gasteiger partial charge in [0.05, 0.1) is 11.3 Å². The highest BCUT2D eigenvalue weighted by Gasteiger charge is 2.14. The highest BCUT2D eigenvalue weighted by Crippen LogP contribution is 2.26.